The number of halogens is 1. The Morgan fingerprint density at radius 3 is 2.50 bits per heavy atom. The average molecular weight is 455 g/mol. The SMILES string of the molecule is CC(=O)N(c1nc(C=CC(=O)c2ccc(Br)cc2)cs1)c1cccc(C)c1C. The minimum atomic E-state index is -0.107. The molecule has 0 saturated carbocycles. The zero-order chi connectivity index (χ0) is 20.3. The van der Waals surface area contributed by atoms with Crippen molar-refractivity contribution in [3.8, 4) is 0 Å². The van der Waals surface area contributed by atoms with E-state index in [0.29, 0.717) is 16.4 Å². The molecule has 0 radical (unpaired) electrons. The fourth-order valence-corrected chi connectivity index (χ4v) is 3.82. The summed E-state index contributed by atoms with van der Waals surface area (Å²) in [6.07, 6.45) is 3.17. The quantitative estimate of drug-likeness (QED) is 0.345. The van der Waals surface area contributed by atoms with Crippen molar-refractivity contribution in [3.05, 3.63) is 80.8 Å². The number of benzene rings is 2. The minimum Gasteiger partial charge on any atom is -0.289 e. The maximum absolute atomic E-state index is 12.3. The summed E-state index contributed by atoms with van der Waals surface area (Å²) < 4.78 is 0.924. The number of aromatic nitrogens is 1. The van der Waals surface area contributed by atoms with E-state index in [1.807, 2.05) is 49.6 Å². The van der Waals surface area contributed by atoms with Gasteiger partial charge in [-0.2, -0.15) is 0 Å². The molecule has 0 spiro atoms. The monoisotopic (exact) mass is 454 g/mol. The molecule has 0 aliphatic rings. The van der Waals surface area contributed by atoms with Crippen LogP contribution in [0.2, 0.25) is 0 Å². The third kappa shape index (κ3) is 4.46. The van der Waals surface area contributed by atoms with Gasteiger partial charge >= 0.3 is 0 Å². The van der Waals surface area contributed by atoms with Crippen LogP contribution in [0.4, 0.5) is 10.8 Å². The van der Waals surface area contributed by atoms with E-state index in [1.165, 1.54) is 24.3 Å². The van der Waals surface area contributed by atoms with Crippen molar-refractivity contribution in [1.82, 2.24) is 4.98 Å². The van der Waals surface area contributed by atoms with Crippen LogP contribution >= 0.6 is 27.3 Å². The number of amides is 1. The van der Waals surface area contributed by atoms with E-state index in [9.17, 15) is 9.59 Å². The van der Waals surface area contributed by atoms with Crippen molar-refractivity contribution < 1.29 is 9.59 Å². The fraction of sp³-hybridized carbons (Fsp3) is 0.136. The Morgan fingerprint density at radius 2 is 1.82 bits per heavy atom. The van der Waals surface area contributed by atoms with Crippen LogP contribution in [0.25, 0.3) is 6.08 Å². The number of rotatable bonds is 5. The third-order valence-electron chi connectivity index (χ3n) is 4.37. The highest BCUT2D eigenvalue weighted by atomic mass is 79.9. The van der Waals surface area contributed by atoms with Crippen molar-refractivity contribution >= 4 is 55.9 Å². The first-order chi connectivity index (χ1) is 13.4. The molecular weight excluding hydrogens is 436 g/mol. The molecular formula is C22H19BrN2O2S. The lowest BCUT2D eigenvalue weighted by Crippen LogP contribution is -2.23. The predicted molar refractivity (Wildman–Crippen MR) is 118 cm³/mol. The molecule has 0 aliphatic heterocycles. The van der Waals surface area contributed by atoms with Gasteiger partial charge in [0.05, 0.1) is 11.4 Å². The van der Waals surface area contributed by atoms with Crippen molar-refractivity contribution in [3.63, 3.8) is 0 Å². The van der Waals surface area contributed by atoms with E-state index in [4.69, 9.17) is 0 Å². The molecule has 4 nitrogen and oxygen atoms in total. The highest BCUT2D eigenvalue weighted by molar-refractivity contribution is 9.10. The van der Waals surface area contributed by atoms with Crippen LogP contribution in [0.3, 0.4) is 0 Å². The van der Waals surface area contributed by atoms with Crippen LogP contribution in [-0.2, 0) is 4.79 Å². The number of carbonyl (C=O) groups excluding carboxylic acids is 2. The molecule has 28 heavy (non-hydrogen) atoms. The second-order valence-electron chi connectivity index (χ2n) is 6.33. The van der Waals surface area contributed by atoms with Crippen molar-refractivity contribution in [2.45, 2.75) is 20.8 Å². The number of ketones is 1. The predicted octanol–water partition coefficient (Wildman–Crippen LogP) is 6.10. The molecule has 1 heterocycles. The van der Waals surface area contributed by atoms with Crippen LogP contribution < -0.4 is 4.90 Å². The summed E-state index contributed by atoms with van der Waals surface area (Å²) in [4.78, 5) is 30.8. The molecule has 0 unspecified atom stereocenters. The molecule has 1 aromatic heterocycles. The summed E-state index contributed by atoms with van der Waals surface area (Å²) >= 11 is 4.73. The van der Waals surface area contributed by atoms with E-state index in [2.05, 4.69) is 20.9 Å². The van der Waals surface area contributed by atoms with Crippen LogP contribution in [0.5, 0.6) is 0 Å². The summed E-state index contributed by atoms with van der Waals surface area (Å²) in [6, 6.07) is 13.0. The summed E-state index contributed by atoms with van der Waals surface area (Å²) in [7, 11) is 0. The first-order valence-electron chi connectivity index (χ1n) is 8.67. The number of anilines is 2. The summed E-state index contributed by atoms with van der Waals surface area (Å²) in [5, 5.41) is 2.42. The van der Waals surface area contributed by atoms with Crippen LogP contribution in [0, 0.1) is 13.8 Å². The number of thiazole rings is 1. The first-order valence-corrected chi connectivity index (χ1v) is 10.3. The molecule has 0 aliphatic carbocycles. The second-order valence-corrected chi connectivity index (χ2v) is 8.09. The molecule has 0 fully saturated rings. The van der Waals surface area contributed by atoms with E-state index in [-0.39, 0.29) is 11.7 Å². The standard InChI is InChI=1S/C22H19BrN2O2S/c1-14-5-4-6-20(15(14)2)25(16(3)26)22-24-19(13-28-22)11-12-21(27)17-7-9-18(23)10-8-17/h4-13H,1-3H3. The molecule has 0 atom stereocenters. The molecule has 1 amide bonds. The van der Waals surface area contributed by atoms with Gasteiger partial charge in [-0.05, 0) is 67.5 Å². The normalized spacial score (nSPS) is 11.0. The topological polar surface area (TPSA) is 50.3 Å². The van der Waals surface area contributed by atoms with Crippen LogP contribution in [0.1, 0.15) is 34.1 Å². The lowest BCUT2D eigenvalue weighted by atomic mass is 10.1. The van der Waals surface area contributed by atoms with Gasteiger partial charge < -0.3 is 0 Å². The Labute approximate surface area is 176 Å². The number of hydrogen-bond donors (Lipinski definition) is 0. The number of nitrogens with zero attached hydrogens (tertiary/aromatic N) is 2. The third-order valence-corrected chi connectivity index (χ3v) is 5.74. The average Bonchev–Trinajstić information content (AvgIpc) is 3.12. The maximum atomic E-state index is 12.3. The Balaban J connectivity index is 1.85. The molecule has 0 bridgehead atoms. The number of carbonyl (C=O) groups is 2. The van der Waals surface area contributed by atoms with Crippen molar-refractivity contribution in [2.24, 2.45) is 0 Å². The Hall–Kier alpha value is -2.57. The highest BCUT2D eigenvalue weighted by Crippen LogP contribution is 2.32. The van der Waals surface area contributed by atoms with E-state index in [0.717, 1.165) is 21.3 Å². The molecule has 3 rings (SSSR count). The van der Waals surface area contributed by atoms with Gasteiger partial charge in [0, 0.05) is 22.3 Å². The fourth-order valence-electron chi connectivity index (χ4n) is 2.71. The maximum Gasteiger partial charge on any atom is 0.230 e. The zero-order valence-corrected chi connectivity index (χ0v) is 18.2. The number of hydrogen-bond acceptors (Lipinski definition) is 4. The largest absolute Gasteiger partial charge is 0.289 e. The van der Waals surface area contributed by atoms with Gasteiger partial charge in [-0.15, -0.1) is 11.3 Å². The lowest BCUT2D eigenvalue weighted by molar-refractivity contribution is -0.115. The van der Waals surface area contributed by atoms with E-state index in [1.54, 1.807) is 23.1 Å². The Kier molecular flexibility index (Phi) is 6.21. The van der Waals surface area contributed by atoms with Crippen LogP contribution in [-0.4, -0.2) is 16.7 Å². The summed E-state index contributed by atoms with van der Waals surface area (Å²) in [5.74, 6) is -0.204. The molecule has 6 heteroatoms. The smallest absolute Gasteiger partial charge is 0.230 e. The summed E-state index contributed by atoms with van der Waals surface area (Å²) in [5.41, 5.74) is 4.22. The van der Waals surface area contributed by atoms with Gasteiger partial charge in [0.1, 0.15) is 0 Å². The van der Waals surface area contributed by atoms with Gasteiger partial charge in [-0.1, -0.05) is 28.1 Å². The van der Waals surface area contributed by atoms with E-state index >= 15 is 0 Å². The second kappa shape index (κ2) is 8.63. The number of allylic oxidation sites excluding steroid dienone is 1. The van der Waals surface area contributed by atoms with Gasteiger partial charge in [0.15, 0.2) is 10.9 Å². The Morgan fingerprint density at radius 1 is 1.11 bits per heavy atom. The molecule has 142 valence electrons. The lowest BCUT2D eigenvalue weighted by Gasteiger charge is -2.21. The van der Waals surface area contributed by atoms with Gasteiger partial charge in [-0.3, -0.25) is 14.5 Å². The summed E-state index contributed by atoms with van der Waals surface area (Å²) in [6.45, 7) is 5.53. The Bertz CT molecular complexity index is 1050. The van der Waals surface area contributed by atoms with Gasteiger partial charge in [0.25, 0.3) is 0 Å². The molecule has 3 aromatic rings. The van der Waals surface area contributed by atoms with Crippen molar-refractivity contribution in [1.29, 1.82) is 0 Å². The molecule has 0 saturated heterocycles. The first kappa shape index (κ1) is 20.2. The molecule has 2 aromatic carbocycles. The highest BCUT2D eigenvalue weighted by Gasteiger charge is 2.19. The minimum absolute atomic E-state index is 0.0972. The zero-order valence-electron chi connectivity index (χ0n) is 15.8. The van der Waals surface area contributed by atoms with Crippen molar-refractivity contribution in [2.75, 3.05) is 4.90 Å². The van der Waals surface area contributed by atoms with Gasteiger partial charge in [0.2, 0.25) is 5.91 Å². The van der Waals surface area contributed by atoms with E-state index < -0.39 is 0 Å². The van der Waals surface area contributed by atoms with Gasteiger partial charge in [-0.25, -0.2) is 4.98 Å². The number of aryl methyl sites for hydroxylation is 1. The van der Waals surface area contributed by atoms with Crippen LogP contribution in [0.15, 0.2) is 58.4 Å². The molecule has 0 N–H and O–H groups in total.